The van der Waals surface area contributed by atoms with Gasteiger partial charge in [0.05, 0.1) is 28.5 Å². The Morgan fingerprint density at radius 2 is 1.93 bits per heavy atom. The Morgan fingerprint density at radius 3 is 2.64 bits per heavy atom. The maximum absolute atomic E-state index is 13.6. The van der Waals surface area contributed by atoms with Gasteiger partial charge in [0.2, 0.25) is 5.91 Å². The first-order valence-electron chi connectivity index (χ1n) is 9.45. The fourth-order valence-corrected chi connectivity index (χ4v) is 3.45. The van der Waals surface area contributed by atoms with E-state index in [4.69, 9.17) is 4.98 Å². The van der Waals surface area contributed by atoms with E-state index in [2.05, 4.69) is 10.4 Å². The number of nitrogens with one attached hydrogen (secondary N) is 1. The maximum atomic E-state index is 13.6. The van der Waals surface area contributed by atoms with Gasteiger partial charge < -0.3 is 5.32 Å². The summed E-state index contributed by atoms with van der Waals surface area (Å²) in [6, 6.07) is 9.28. The molecule has 0 atom stereocenters. The number of carbonyl (C=O) groups is 2. The lowest BCUT2D eigenvalue weighted by Gasteiger charge is -2.29. The van der Waals surface area contributed by atoms with Gasteiger partial charge in [0.15, 0.2) is 5.65 Å². The Hall–Kier alpha value is -3.22. The second kappa shape index (κ2) is 6.74. The molecule has 3 heterocycles. The molecule has 0 unspecified atom stereocenters. The highest BCUT2D eigenvalue weighted by Gasteiger charge is 2.29. The molecule has 0 aliphatic carbocycles. The number of fused-ring (bicyclic) bond motifs is 2. The average Bonchev–Trinajstić information content (AvgIpc) is 3.10. The molecule has 2 amide bonds. The second-order valence-electron chi connectivity index (χ2n) is 7.63. The molecule has 0 spiro atoms. The summed E-state index contributed by atoms with van der Waals surface area (Å²) >= 11 is 0. The van der Waals surface area contributed by atoms with Crippen LogP contribution in [0.4, 0.5) is 11.4 Å². The molecule has 0 saturated carbocycles. The third-order valence-electron chi connectivity index (χ3n) is 4.91. The first kappa shape index (κ1) is 18.2. The van der Waals surface area contributed by atoms with Crippen LogP contribution in [0.3, 0.4) is 0 Å². The lowest BCUT2D eigenvalue weighted by Crippen LogP contribution is -2.42. The van der Waals surface area contributed by atoms with Crippen LogP contribution in [0, 0.1) is 0 Å². The van der Waals surface area contributed by atoms with Crippen LogP contribution < -0.4 is 10.2 Å². The first-order chi connectivity index (χ1) is 13.4. The van der Waals surface area contributed by atoms with E-state index in [1.165, 1.54) is 4.90 Å². The van der Waals surface area contributed by atoms with Crippen molar-refractivity contribution in [3.05, 3.63) is 47.8 Å². The fourth-order valence-electron chi connectivity index (χ4n) is 3.45. The lowest BCUT2D eigenvalue weighted by atomic mass is 10.0. The van der Waals surface area contributed by atoms with Gasteiger partial charge in [-0.25, -0.2) is 9.67 Å². The van der Waals surface area contributed by atoms with E-state index < -0.39 is 0 Å². The molecular formula is C21H23N5O2. The zero-order valence-electron chi connectivity index (χ0n) is 16.4. The summed E-state index contributed by atoms with van der Waals surface area (Å²) in [6.45, 7) is 8.13. The quantitative estimate of drug-likeness (QED) is 0.754. The van der Waals surface area contributed by atoms with Crippen molar-refractivity contribution in [3.63, 3.8) is 0 Å². The van der Waals surface area contributed by atoms with Crippen molar-refractivity contribution in [3.8, 4) is 0 Å². The number of rotatable bonds is 3. The lowest BCUT2D eigenvalue weighted by molar-refractivity contribution is -0.115. The van der Waals surface area contributed by atoms with E-state index in [9.17, 15) is 9.59 Å². The highest BCUT2D eigenvalue weighted by atomic mass is 16.2. The molecule has 1 aliphatic heterocycles. The summed E-state index contributed by atoms with van der Waals surface area (Å²) in [5, 5.41) is 7.97. The minimum Gasteiger partial charge on any atom is -0.323 e. The van der Waals surface area contributed by atoms with E-state index in [0.717, 1.165) is 5.69 Å². The van der Waals surface area contributed by atoms with Gasteiger partial charge in [-0.05, 0) is 38.0 Å². The van der Waals surface area contributed by atoms with Gasteiger partial charge in [0.25, 0.3) is 5.91 Å². The Morgan fingerprint density at radius 1 is 1.18 bits per heavy atom. The highest BCUT2D eigenvalue weighted by Crippen LogP contribution is 2.32. The largest absolute Gasteiger partial charge is 0.323 e. The highest BCUT2D eigenvalue weighted by molar-refractivity contribution is 6.18. The molecule has 1 aliphatic rings. The van der Waals surface area contributed by atoms with Crippen molar-refractivity contribution in [2.45, 2.75) is 39.7 Å². The van der Waals surface area contributed by atoms with Crippen LogP contribution in [-0.4, -0.2) is 33.1 Å². The van der Waals surface area contributed by atoms with E-state index in [1.54, 1.807) is 12.3 Å². The minimum atomic E-state index is -0.222. The van der Waals surface area contributed by atoms with Gasteiger partial charge >= 0.3 is 0 Å². The number of nitrogens with zero attached hydrogens (tertiary/aromatic N) is 4. The minimum absolute atomic E-state index is 0.0189. The van der Waals surface area contributed by atoms with Crippen molar-refractivity contribution >= 4 is 34.2 Å². The van der Waals surface area contributed by atoms with Crippen molar-refractivity contribution < 1.29 is 9.59 Å². The monoisotopic (exact) mass is 377 g/mol. The normalized spacial score (nSPS) is 13.9. The molecule has 28 heavy (non-hydrogen) atoms. The van der Waals surface area contributed by atoms with Crippen LogP contribution in [-0.2, 0) is 4.79 Å². The van der Waals surface area contributed by atoms with E-state index >= 15 is 0 Å². The number of pyridine rings is 1. The van der Waals surface area contributed by atoms with Crippen LogP contribution in [0.1, 0.15) is 55.7 Å². The average molecular weight is 377 g/mol. The second-order valence-corrected chi connectivity index (χ2v) is 7.63. The molecule has 2 aromatic heterocycles. The molecular weight excluding hydrogens is 354 g/mol. The van der Waals surface area contributed by atoms with Crippen LogP contribution >= 0.6 is 0 Å². The van der Waals surface area contributed by atoms with Gasteiger partial charge in [-0.15, -0.1) is 0 Å². The van der Waals surface area contributed by atoms with Crippen molar-refractivity contribution in [1.29, 1.82) is 0 Å². The number of benzene rings is 1. The van der Waals surface area contributed by atoms with Gasteiger partial charge in [-0.1, -0.05) is 26.0 Å². The Labute approximate surface area is 163 Å². The van der Waals surface area contributed by atoms with Crippen LogP contribution in [0.15, 0.2) is 36.5 Å². The molecule has 0 radical (unpaired) electrons. The number of amides is 2. The smallest absolute Gasteiger partial charge is 0.259 e. The summed E-state index contributed by atoms with van der Waals surface area (Å²) in [4.78, 5) is 32.0. The number of carbonyl (C=O) groups excluding carboxylic acids is 2. The third kappa shape index (κ3) is 2.93. The van der Waals surface area contributed by atoms with Crippen molar-refractivity contribution in [2.24, 2.45) is 0 Å². The van der Waals surface area contributed by atoms with Crippen LogP contribution in [0.2, 0.25) is 0 Å². The van der Waals surface area contributed by atoms with Gasteiger partial charge in [-0.3, -0.25) is 14.5 Å². The molecule has 0 saturated heterocycles. The Balaban J connectivity index is 1.89. The predicted molar refractivity (Wildman–Crippen MR) is 109 cm³/mol. The topological polar surface area (TPSA) is 80.1 Å². The Bertz CT molecular complexity index is 1080. The zero-order valence-corrected chi connectivity index (χ0v) is 16.4. The molecule has 7 heteroatoms. The zero-order chi connectivity index (χ0) is 20.0. The maximum Gasteiger partial charge on any atom is 0.259 e. The summed E-state index contributed by atoms with van der Waals surface area (Å²) in [5.74, 6) is -0.275. The molecule has 1 N–H and O–H groups in total. The van der Waals surface area contributed by atoms with Crippen molar-refractivity contribution in [1.82, 2.24) is 14.8 Å². The summed E-state index contributed by atoms with van der Waals surface area (Å²) in [7, 11) is 0. The van der Waals surface area contributed by atoms with E-state index in [0.29, 0.717) is 28.0 Å². The number of aromatic nitrogens is 3. The summed E-state index contributed by atoms with van der Waals surface area (Å²) in [5.41, 5.74) is 3.37. The molecule has 3 aromatic rings. The first-order valence-corrected chi connectivity index (χ1v) is 9.45. The van der Waals surface area contributed by atoms with Crippen LogP contribution in [0.5, 0.6) is 0 Å². The fraction of sp³-hybridized carbons (Fsp3) is 0.333. The molecule has 0 fully saturated rings. The molecule has 7 nitrogen and oxygen atoms in total. The summed E-state index contributed by atoms with van der Waals surface area (Å²) in [6.07, 6.45) is 1.69. The van der Waals surface area contributed by atoms with E-state index in [1.807, 2.05) is 56.6 Å². The van der Waals surface area contributed by atoms with E-state index in [-0.39, 0.29) is 30.3 Å². The summed E-state index contributed by atoms with van der Waals surface area (Å²) < 4.78 is 1.83. The van der Waals surface area contributed by atoms with Gasteiger partial charge in [-0.2, -0.15) is 5.10 Å². The third-order valence-corrected chi connectivity index (χ3v) is 4.91. The number of hydrogen-bond donors (Lipinski definition) is 1. The Kier molecular flexibility index (Phi) is 4.37. The number of para-hydroxylation sites is 2. The van der Waals surface area contributed by atoms with Gasteiger partial charge in [0, 0.05) is 11.7 Å². The molecule has 144 valence electrons. The number of anilines is 2. The van der Waals surface area contributed by atoms with Crippen molar-refractivity contribution in [2.75, 3.05) is 16.8 Å². The molecule has 4 rings (SSSR count). The number of hydrogen-bond acceptors (Lipinski definition) is 4. The van der Waals surface area contributed by atoms with Crippen LogP contribution in [0.25, 0.3) is 11.0 Å². The standard InChI is InChI=1S/C21H23N5O2/c1-12(2)17-9-14(15-10-22-26(13(3)4)20(15)24-17)21(28)25-11-19(27)23-16-7-5-6-8-18(16)25/h5-10,12-13H,11H2,1-4H3,(H,23,27). The SMILES string of the molecule is CC(C)c1cc(C(=O)N2CC(=O)Nc3ccccc32)c2cnn(C(C)C)c2n1. The molecule has 0 bridgehead atoms. The van der Waals surface area contributed by atoms with Gasteiger partial charge in [0.1, 0.15) is 6.54 Å². The molecule has 1 aromatic carbocycles. The predicted octanol–water partition coefficient (Wildman–Crippen LogP) is 3.73.